The summed E-state index contributed by atoms with van der Waals surface area (Å²) in [6, 6.07) is 13.7. The Kier molecular flexibility index (Phi) is 3.11. The lowest BCUT2D eigenvalue weighted by atomic mass is 10.1. The van der Waals surface area contributed by atoms with Crippen LogP contribution in [0, 0.1) is 23.0 Å². The lowest BCUT2D eigenvalue weighted by molar-refractivity contribution is 0.587. The minimum Gasteiger partial charge on any atom is -0.377 e. The van der Waals surface area contributed by atoms with Crippen LogP contribution in [0.4, 0.5) is 14.5 Å². The Morgan fingerprint density at radius 2 is 1.75 bits per heavy atom. The van der Waals surface area contributed by atoms with Gasteiger partial charge in [0, 0.05) is 12.0 Å². The second kappa shape index (κ2) is 4.93. The zero-order chi connectivity index (χ0) is 14.1. The molecule has 1 N–H and O–H groups in total. The molecule has 20 heavy (non-hydrogen) atoms. The standard InChI is InChI=1S/C16H12F2N2/c17-13-6-10(9-19)7-14(18)16(13)20-15-8-12(15)11-4-2-1-3-5-11/h1-7,12,15,20H,8H2. The summed E-state index contributed by atoms with van der Waals surface area (Å²) in [6.45, 7) is 0. The summed E-state index contributed by atoms with van der Waals surface area (Å²) in [5, 5.41) is 11.6. The molecule has 1 aliphatic rings. The minimum atomic E-state index is -0.722. The average molecular weight is 270 g/mol. The van der Waals surface area contributed by atoms with Gasteiger partial charge in [0.25, 0.3) is 0 Å². The van der Waals surface area contributed by atoms with Crippen LogP contribution in [0.5, 0.6) is 0 Å². The van der Waals surface area contributed by atoms with Crippen molar-refractivity contribution in [1.82, 2.24) is 0 Å². The quantitative estimate of drug-likeness (QED) is 0.920. The second-order valence-corrected chi connectivity index (χ2v) is 4.93. The normalized spacial score (nSPS) is 20.2. The van der Waals surface area contributed by atoms with Crippen molar-refractivity contribution >= 4 is 5.69 Å². The van der Waals surface area contributed by atoms with Gasteiger partial charge >= 0.3 is 0 Å². The summed E-state index contributed by atoms with van der Waals surface area (Å²) >= 11 is 0. The number of halogens is 2. The Balaban J connectivity index is 1.76. The molecule has 0 bridgehead atoms. The average Bonchev–Trinajstić information content (AvgIpc) is 3.23. The number of rotatable bonds is 3. The van der Waals surface area contributed by atoms with Crippen LogP contribution >= 0.6 is 0 Å². The molecule has 0 aromatic heterocycles. The van der Waals surface area contributed by atoms with Crippen molar-refractivity contribution in [1.29, 1.82) is 5.26 Å². The predicted molar refractivity (Wildman–Crippen MR) is 72.3 cm³/mol. The first-order valence-corrected chi connectivity index (χ1v) is 6.39. The van der Waals surface area contributed by atoms with Crippen LogP contribution in [-0.4, -0.2) is 6.04 Å². The first-order chi connectivity index (χ1) is 9.69. The first-order valence-electron chi connectivity index (χ1n) is 6.39. The third-order valence-corrected chi connectivity index (χ3v) is 3.52. The fourth-order valence-corrected chi connectivity index (χ4v) is 2.38. The van der Waals surface area contributed by atoms with Crippen molar-refractivity contribution in [3.63, 3.8) is 0 Å². The highest BCUT2D eigenvalue weighted by molar-refractivity contribution is 5.53. The van der Waals surface area contributed by atoms with E-state index in [4.69, 9.17) is 5.26 Å². The van der Waals surface area contributed by atoms with E-state index in [2.05, 4.69) is 5.32 Å². The van der Waals surface area contributed by atoms with Gasteiger partial charge in [-0.05, 0) is 24.1 Å². The van der Waals surface area contributed by atoms with Gasteiger partial charge in [0.05, 0.1) is 11.6 Å². The van der Waals surface area contributed by atoms with Crippen molar-refractivity contribution in [2.75, 3.05) is 5.32 Å². The maximum Gasteiger partial charge on any atom is 0.150 e. The van der Waals surface area contributed by atoms with E-state index >= 15 is 0 Å². The van der Waals surface area contributed by atoms with Gasteiger partial charge in [-0.1, -0.05) is 30.3 Å². The van der Waals surface area contributed by atoms with Crippen molar-refractivity contribution in [3.05, 3.63) is 65.2 Å². The van der Waals surface area contributed by atoms with Crippen molar-refractivity contribution in [2.45, 2.75) is 18.4 Å². The number of hydrogen-bond donors (Lipinski definition) is 1. The number of nitrogens with one attached hydrogen (secondary N) is 1. The highest BCUT2D eigenvalue weighted by Gasteiger charge is 2.39. The van der Waals surface area contributed by atoms with Gasteiger partial charge in [-0.2, -0.15) is 5.26 Å². The third kappa shape index (κ3) is 2.35. The van der Waals surface area contributed by atoms with E-state index in [1.54, 1.807) is 6.07 Å². The number of anilines is 1. The number of nitrogens with zero attached hydrogens (tertiary/aromatic N) is 1. The summed E-state index contributed by atoms with van der Waals surface area (Å²) < 4.78 is 27.5. The predicted octanol–water partition coefficient (Wildman–Crippen LogP) is 3.80. The van der Waals surface area contributed by atoms with E-state index in [-0.39, 0.29) is 23.2 Å². The van der Waals surface area contributed by atoms with Gasteiger partial charge in [0.2, 0.25) is 0 Å². The fourth-order valence-electron chi connectivity index (χ4n) is 2.38. The van der Waals surface area contributed by atoms with Gasteiger partial charge in [-0.3, -0.25) is 0 Å². The third-order valence-electron chi connectivity index (χ3n) is 3.52. The molecule has 0 amide bonds. The molecule has 1 aliphatic carbocycles. The van der Waals surface area contributed by atoms with E-state index < -0.39 is 11.6 Å². The second-order valence-electron chi connectivity index (χ2n) is 4.93. The van der Waals surface area contributed by atoms with E-state index in [1.807, 2.05) is 30.3 Å². The summed E-state index contributed by atoms with van der Waals surface area (Å²) in [5.41, 5.74) is 1.01. The molecule has 0 heterocycles. The molecular formula is C16H12F2N2. The zero-order valence-corrected chi connectivity index (χ0v) is 10.6. The number of hydrogen-bond acceptors (Lipinski definition) is 2. The van der Waals surface area contributed by atoms with E-state index in [0.717, 1.165) is 18.6 Å². The molecule has 0 aliphatic heterocycles. The van der Waals surface area contributed by atoms with Crippen LogP contribution < -0.4 is 5.32 Å². The van der Waals surface area contributed by atoms with Crippen molar-refractivity contribution in [3.8, 4) is 6.07 Å². The maximum atomic E-state index is 13.8. The Morgan fingerprint density at radius 1 is 1.10 bits per heavy atom. The van der Waals surface area contributed by atoms with E-state index in [1.165, 1.54) is 5.56 Å². The Bertz CT molecular complexity index is 654. The van der Waals surface area contributed by atoms with Crippen LogP contribution in [0.3, 0.4) is 0 Å². The smallest absolute Gasteiger partial charge is 0.150 e. The molecule has 2 atom stereocenters. The fraction of sp³-hybridized carbons (Fsp3) is 0.188. The molecule has 2 aromatic rings. The summed E-state index contributed by atoms with van der Waals surface area (Å²) in [7, 11) is 0. The Labute approximate surface area is 115 Å². The lowest BCUT2D eigenvalue weighted by Crippen LogP contribution is -2.08. The summed E-state index contributed by atoms with van der Waals surface area (Å²) in [5.74, 6) is -1.16. The molecular weight excluding hydrogens is 258 g/mol. The molecule has 2 nitrogen and oxygen atoms in total. The van der Waals surface area contributed by atoms with Crippen LogP contribution in [-0.2, 0) is 0 Å². The topological polar surface area (TPSA) is 35.8 Å². The first kappa shape index (κ1) is 12.6. The van der Waals surface area contributed by atoms with Crippen molar-refractivity contribution < 1.29 is 8.78 Å². The molecule has 3 rings (SSSR count). The van der Waals surface area contributed by atoms with Gasteiger partial charge in [-0.25, -0.2) is 8.78 Å². The molecule has 1 saturated carbocycles. The number of benzene rings is 2. The molecule has 0 saturated heterocycles. The molecule has 1 fully saturated rings. The number of nitriles is 1. The van der Waals surface area contributed by atoms with Crippen LogP contribution in [0.25, 0.3) is 0 Å². The monoisotopic (exact) mass is 270 g/mol. The highest BCUT2D eigenvalue weighted by Crippen LogP contribution is 2.43. The summed E-state index contributed by atoms with van der Waals surface area (Å²) in [6.07, 6.45) is 0.850. The highest BCUT2D eigenvalue weighted by atomic mass is 19.1. The van der Waals surface area contributed by atoms with Gasteiger partial charge in [0.1, 0.15) is 5.69 Å². The molecule has 2 unspecified atom stereocenters. The van der Waals surface area contributed by atoms with E-state index in [9.17, 15) is 8.78 Å². The molecule has 0 radical (unpaired) electrons. The van der Waals surface area contributed by atoms with Crippen molar-refractivity contribution in [2.24, 2.45) is 0 Å². The SMILES string of the molecule is N#Cc1cc(F)c(NC2CC2c2ccccc2)c(F)c1. The van der Waals surface area contributed by atoms with Crippen LogP contribution in [0.15, 0.2) is 42.5 Å². The molecule has 100 valence electrons. The van der Waals surface area contributed by atoms with E-state index in [0.29, 0.717) is 0 Å². The van der Waals surface area contributed by atoms with Crippen LogP contribution in [0.1, 0.15) is 23.5 Å². The minimum absolute atomic E-state index is 0.0130. The molecule has 4 heteroatoms. The largest absolute Gasteiger partial charge is 0.377 e. The van der Waals surface area contributed by atoms with Gasteiger partial charge < -0.3 is 5.32 Å². The molecule has 0 spiro atoms. The van der Waals surface area contributed by atoms with Gasteiger partial charge in [-0.15, -0.1) is 0 Å². The zero-order valence-electron chi connectivity index (χ0n) is 10.6. The summed E-state index contributed by atoms with van der Waals surface area (Å²) in [4.78, 5) is 0. The lowest BCUT2D eigenvalue weighted by Gasteiger charge is -2.09. The Morgan fingerprint density at radius 3 is 2.35 bits per heavy atom. The molecule has 2 aromatic carbocycles. The maximum absolute atomic E-state index is 13.8. The van der Waals surface area contributed by atoms with Crippen LogP contribution in [0.2, 0.25) is 0 Å². The van der Waals surface area contributed by atoms with Gasteiger partial charge in [0.15, 0.2) is 11.6 Å². The Hall–Kier alpha value is -2.41.